The lowest BCUT2D eigenvalue weighted by Gasteiger charge is -2.31. The molecule has 1 aromatic carbocycles. The van der Waals surface area contributed by atoms with E-state index in [9.17, 15) is 14.4 Å². The van der Waals surface area contributed by atoms with Gasteiger partial charge in [0, 0.05) is 24.7 Å². The SMILES string of the molecule is COC(=O)CNC(=O)N1CCC[C@H](c2nnc(C(=O)Nc3ccccc3)s2)C1. The Morgan fingerprint density at radius 3 is 2.79 bits per heavy atom. The maximum Gasteiger partial charge on any atom is 0.325 e. The number of amides is 3. The molecule has 1 aliphatic rings. The van der Waals surface area contributed by atoms with E-state index in [0.717, 1.165) is 17.8 Å². The Bertz CT molecular complexity index is 842. The number of hydrogen-bond donors (Lipinski definition) is 2. The van der Waals surface area contributed by atoms with Crippen LogP contribution in [0.4, 0.5) is 10.5 Å². The van der Waals surface area contributed by atoms with Crippen LogP contribution in [0.5, 0.6) is 0 Å². The van der Waals surface area contributed by atoms with Crippen molar-refractivity contribution in [1.82, 2.24) is 20.4 Å². The van der Waals surface area contributed by atoms with Gasteiger partial charge in [0.1, 0.15) is 11.6 Å². The van der Waals surface area contributed by atoms with Crippen LogP contribution in [0.15, 0.2) is 30.3 Å². The number of urea groups is 1. The third-order valence-corrected chi connectivity index (χ3v) is 5.42. The summed E-state index contributed by atoms with van der Waals surface area (Å²) in [6.07, 6.45) is 1.66. The van der Waals surface area contributed by atoms with E-state index in [0.29, 0.717) is 18.8 Å². The molecule has 0 radical (unpaired) electrons. The Hall–Kier alpha value is -3.01. The van der Waals surface area contributed by atoms with E-state index in [1.807, 2.05) is 18.2 Å². The molecule has 0 spiro atoms. The van der Waals surface area contributed by atoms with Crippen molar-refractivity contribution >= 4 is 34.9 Å². The summed E-state index contributed by atoms with van der Waals surface area (Å²) in [4.78, 5) is 37.4. The van der Waals surface area contributed by atoms with Crippen LogP contribution < -0.4 is 10.6 Å². The summed E-state index contributed by atoms with van der Waals surface area (Å²) < 4.78 is 4.52. The van der Waals surface area contributed by atoms with Gasteiger partial charge in [-0.05, 0) is 25.0 Å². The first kappa shape index (κ1) is 19.7. The molecule has 1 saturated heterocycles. The summed E-state index contributed by atoms with van der Waals surface area (Å²) in [5.74, 6) is -0.799. The van der Waals surface area contributed by atoms with Crippen molar-refractivity contribution in [3.05, 3.63) is 40.3 Å². The standard InChI is InChI=1S/C18H21N5O4S/c1-27-14(24)10-19-18(26)23-9-5-6-12(11-23)16-21-22-17(28-16)15(25)20-13-7-3-2-4-8-13/h2-4,7-8,12H,5-6,9-11H2,1H3,(H,19,26)(H,20,25)/t12-/m0/s1. The van der Waals surface area contributed by atoms with Crippen molar-refractivity contribution in [2.45, 2.75) is 18.8 Å². The lowest BCUT2D eigenvalue weighted by molar-refractivity contribution is -0.139. The number of nitrogens with zero attached hydrogens (tertiary/aromatic N) is 3. The number of methoxy groups -OCH3 is 1. The van der Waals surface area contributed by atoms with E-state index >= 15 is 0 Å². The van der Waals surface area contributed by atoms with Crippen LogP contribution in [0.1, 0.15) is 33.6 Å². The summed E-state index contributed by atoms with van der Waals surface area (Å²) in [7, 11) is 1.27. The highest BCUT2D eigenvalue weighted by molar-refractivity contribution is 7.13. The topological polar surface area (TPSA) is 114 Å². The highest BCUT2D eigenvalue weighted by atomic mass is 32.1. The minimum atomic E-state index is -0.500. The summed E-state index contributed by atoms with van der Waals surface area (Å²) in [5.41, 5.74) is 0.690. The molecule has 28 heavy (non-hydrogen) atoms. The van der Waals surface area contributed by atoms with Crippen molar-refractivity contribution in [1.29, 1.82) is 0 Å². The van der Waals surface area contributed by atoms with Gasteiger partial charge < -0.3 is 20.3 Å². The fourth-order valence-corrected chi connectivity index (χ4v) is 3.76. The molecule has 2 heterocycles. The van der Waals surface area contributed by atoms with Gasteiger partial charge in [-0.25, -0.2) is 4.79 Å². The van der Waals surface area contributed by atoms with Gasteiger partial charge in [0.15, 0.2) is 0 Å². The monoisotopic (exact) mass is 403 g/mol. The second-order valence-corrected chi connectivity index (χ2v) is 7.29. The molecule has 0 aliphatic carbocycles. The minimum absolute atomic E-state index is 0.00778. The number of carbonyl (C=O) groups is 3. The number of hydrogen-bond acceptors (Lipinski definition) is 7. The Morgan fingerprint density at radius 2 is 2.04 bits per heavy atom. The zero-order valence-corrected chi connectivity index (χ0v) is 16.2. The predicted molar refractivity (Wildman–Crippen MR) is 103 cm³/mol. The highest BCUT2D eigenvalue weighted by Gasteiger charge is 2.28. The van der Waals surface area contributed by atoms with E-state index < -0.39 is 5.97 Å². The molecule has 2 aromatic rings. The Kier molecular flexibility index (Phi) is 6.53. The Labute approximate surface area is 166 Å². The number of carbonyl (C=O) groups excluding carboxylic acids is 3. The molecule has 3 rings (SSSR count). The molecule has 1 aliphatic heterocycles. The quantitative estimate of drug-likeness (QED) is 0.737. The molecule has 10 heteroatoms. The Balaban J connectivity index is 1.58. The number of anilines is 1. The average molecular weight is 403 g/mol. The van der Waals surface area contributed by atoms with Crippen LogP contribution in [-0.4, -0.2) is 59.7 Å². The molecule has 9 nitrogen and oxygen atoms in total. The largest absolute Gasteiger partial charge is 0.468 e. The molecule has 0 unspecified atom stereocenters. The molecule has 2 N–H and O–H groups in total. The summed E-state index contributed by atoms with van der Waals surface area (Å²) in [6, 6.07) is 8.82. The maximum atomic E-state index is 12.3. The van der Waals surface area contributed by atoms with Gasteiger partial charge in [0.05, 0.1) is 7.11 Å². The van der Waals surface area contributed by atoms with Gasteiger partial charge in [-0.2, -0.15) is 0 Å². The molecular formula is C18H21N5O4S. The van der Waals surface area contributed by atoms with Gasteiger partial charge in [-0.15, -0.1) is 10.2 Å². The molecule has 1 fully saturated rings. The predicted octanol–water partition coefficient (Wildman–Crippen LogP) is 1.85. The van der Waals surface area contributed by atoms with Crippen molar-refractivity contribution in [2.24, 2.45) is 0 Å². The second-order valence-electron chi connectivity index (χ2n) is 6.29. The molecule has 148 valence electrons. The van der Waals surface area contributed by atoms with E-state index in [4.69, 9.17) is 0 Å². The number of ether oxygens (including phenoxy) is 1. The fourth-order valence-electron chi connectivity index (χ4n) is 2.89. The van der Waals surface area contributed by atoms with Gasteiger partial charge in [-0.3, -0.25) is 9.59 Å². The zero-order chi connectivity index (χ0) is 19.9. The van der Waals surface area contributed by atoms with Crippen LogP contribution >= 0.6 is 11.3 Å². The van der Waals surface area contributed by atoms with Crippen molar-refractivity contribution in [3.63, 3.8) is 0 Å². The third kappa shape index (κ3) is 5.03. The van der Waals surface area contributed by atoms with E-state index in [-0.39, 0.29) is 29.4 Å². The van der Waals surface area contributed by atoms with Gasteiger partial charge >= 0.3 is 12.0 Å². The summed E-state index contributed by atoms with van der Waals surface area (Å²) in [5, 5.41) is 14.5. The number of aromatic nitrogens is 2. The first-order valence-corrected chi connectivity index (χ1v) is 9.68. The van der Waals surface area contributed by atoms with Crippen LogP contribution in [0.25, 0.3) is 0 Å². The number of rotatable bonds is 5. The molecule has 3 amide bonds. The first-order chi connectivity index (χ1) is 13.6. The third-order valence-electron chi connectivity index (χ3n) is 4.34. The number of piperidine rings is 1. The molecular weight excluding hydrogens is 382 g/mol. The molecule has 0 bridgehead atoms. The minimum Gasteiger partial charge on any atom is -0.468 e. The fraction of sp³-hybridized carbons (Fsp3) is 0.389. The first-order valence-electron chi connectivity index (χ1n) is 8.86. The maximum absolute atomic E-state index is 12.3. The van der Waals surface area contributed by atoms with Crippen molar-refractivity contribution < 1.29 is 19.1 Å². The van der Waals surface area contributed by atoms with E-state index in [2.05, 4.69) is 25.6 Å². The molecule has 1 atom stereocenters. The van der Waals surface area contributed by atoms with Crippen LogP contribution in [-0.2, 0) is 9.53 Å². The average Bonchev–Trinajstić information content (AvgIpc) is 3.23. The highest BCUT2D eigenvalue weighted by Crippen LogP contribution is 2.29. The van der Waals surface area contributed by atoms with Gasteiger partial charge in [0.2, 0.25) is 5.01 Å². The number of nitrogens with one attached hydrogen (secondary N) is 2. The number of likely N-dealkylation sites (tertiary alicyclic amines) is 1. The van der Waals surface area contributed by atoms with E-state index in [1.165, 1.54) is 18.4 Å². The molecule has 1 aromatic heterocycles. The van der Waals surface area contributed by atoms with Crippen molar-refractivity contribution in [3.8, 4) is 0 Å². The molecule has 0 saturated carbocycles. The Morgan fingerprint density at radius 1 is 1.25 bits per heavy atom. The smallest absolute Gasteiger partial charge is 0.325 e. The van der Waals surface area contributed by atoms with E-state index in [1.54, 1.807) is 17.0 Å². The summed E-state index contributed by atoms with van der Waals surface area (Å²) in [6.45, 7) is 0.894. The second kappa shape index (κ2) is 9.27. The van der Waals surface area contributed by atoms with Gasteiger partial charge in [-0.1, -0.05) is 29.5 Å². The van der Waals surface area contributed by atoms with Crippen LogP contribution in [0.2, 0.25) is 0 Å². The number of para-hydroxylation sites is 1. The zero-order valence-electron chi connectivity index (χ0n) is 15.4. The number of esters is 1. The normalized spacial score (nSPS) is 16.3. The van der Waals surface area contributed by atoms with Gasteiger partial charge in [0.25, 0.3) is 5.91 Å². The lowest BCUT2D eigenvalue weighted by Crippen LogP contribution is -2.46. The van der Waals surface area contributed by atoms with Crippen molar-refractivity contribution in [2.75, 3.05) is 32.1 Å². The summed E-state index contributed by atoms with van der Waals surface area (Å²) >= 11 is 1.24. The number of benzene rings is 1. The lowest BCUT2D eigenvalue weighted by atomic mass is 9.99. The van der Waals surface area contributed by atoms with Crippen LogP contribution in [0, 0.1) is 0 Å². The van der Waals surface area contributed by atoms with Crippen LogP contribution in [0.3, 0.4) is 0 Å².